The van der Waals surface area contributed by atoms with Gasteiger partial charge in [-0.3, -0.25) is 9.59 Å². The lowest BCUT2D eigenvalue weighted by atomic mass is 10.1. The molecule has 0 aliphatic carbocycles. The number of aryl methyl sites for hydroxylation is 1. The van der Waals surface area contributed by atoms with Gasteiger partial charge in [-0.15, -0.1) is 0 Å². The van der Waals surface area contributed by atoms with Crippen LogP contribution in [-0.4, -0.2) is 11.1 Å². The average Bonchev–Trinajstić information content (AvgIpc) is 2.76. The number of hydrogen-bond donors (Lipinski definition) is 0. The molecule has 1 heterocycles. The van der Waals surface area contributed by atoms with E-state index in [9.17, 15) is 9.59 Å². The van der Waals surface area contributed by atoms with Gasteiger partial charge in [-0.1, -0.05) is 41.9 Å². The summed E-state index contributed by atoms with van der Waals surface area (Å²) in [5.74, 6) is -0.319. The van der Waals surface area contributed by atoms with E-state index in [1.165, 1.54) is 0 Å². The fraction of sp³-hybridized carbons (Fsp3) is 0.0588. The Morgan fingerprint density at radius 1 is 1.09 bits per heavy atom. The highest BCUT2D eigenvalue weighted by molar-refractivity contribution is 8.19. The Hall–Kier alpha value is -2.04. The van der Waals surface area contributed by atoms with Gasteiger partial charge in [-0.2, -0.15) is 0 Å². The van der Waals surface area contributed by atoms with Gasteiger partial charge in [-0.05, 0) is 54.1 Å². The van der Waals surface area contributed by atoms with Crippen molar-refractivity contribution in [3.8, 4) is 0 Å². The standard InChI is InChI=1S/C17H12ClNO2S/c1-11-5-2-3-6-12(11)9-15-16(20)19(17(21)22-15)14-8-4-7-13(18)10-14/h2-10H,1H3/b15-9+. The van der Waals surface area contributed by atoms with E-state index < -0.39 is 0 Å². The second-order valence-electron chi connectivity index (χ2n) is 4.85. The van der Waals surface area contributed by atoms with E-state index in [1.54, 1.807) is 30.3 Å². The molecule has 0 unspecified atom stereocenters. The van der Waals surface area contributed by atoms with Crippen molar-refractivity contribution < 1.29 is 9.59 Å². The third-order valence-electron chi connectivity index (χ3n) is 3.34. The van der Waals surface area contributed by atoms with Gasteiger partial charge >= 0.3 is 0 Å². The van der Waals surface area contributed by atoms with Crippen molar-refractivity contribution in [3.63, 3.8) is 0 Å². The Labute approximate surface area is 137 Å². The number of carbonyl (C=O) groups excluding carboxylic acids is 2. The quantitative estimate of drug-likeness (QED) is 0.736. The third kappa shape index (κ3) is 2.80. The Morgan fingerprint density at radius 2 is 1.86 bits per heavy atom. The third-order valence-corrected chi connectivity index (χ3v) is 4.44. The lowest BCUT2D eigenvalue weighted by molar-refractivity contribution is -0.113. The van der Waals surface area contributed by atoms with Crippen LogP contribution in [0.4, 0.5) is 10.5 Å². The lowest BCUT2D eigenvalue weighted by Crippen LogP contribution is -2.27. The molecule has 1 aliphatic heterocycles. The van der Waals surface area contributed by atoms with Crippen molar-refractivity contribution in [3.05, 3.63) is 69.6 Å². The van der Waals surface area contributed by atoms with Gasteiger partial charge in [-0.25, -0.2) is 4.90 Å². The fourth-order valence-corrected chi connectivity index (χ4v) is 3.21. The molecule has 0 spiro atoms. The van der Waals surface area contributed by atoms with Crippen LogP contribution in [0.1, 0.15) is 11.1 Å². The minimum absolute atomic E-state index is 0.313. The van der Waals surface area contributed by atoms with Gasteiger partial charge in [0.05, 0.1) is 10.6 Å². The molecule has 2 amide bonds. The van der Waals surface area contributed by atoms with Crippen molar-refractivity contribution in [1.29, 1.82) is 0 Å². The number of imide groups is 1. The SMILES string of the molecule is Cc1ccccc1/C=C1/SC(=O)N(c2cccc(Cl)c2)C1=O. The van der Waals surface area contributed by atoms with E-state index in [4.69, 9.17) is 11.6 Å². The summed E-state index contributed by atoms with van der Waals surface area (Å²) in [7, 11) is 0. The van der Waals surface area contributed by atoms with Crippen LogP contribution in [0.3, 0.4) is 0 Å². The van der Waals surface area contributed by atoms with Crippen molar-refractivity contribution in [1.82, 2.24) is 0 Å². The monoisotopic (exact) mass is 329 g/mol. The van der Waals surface area contributed by atoms with Gasteiger partial charge in [0.15, 0.2) is 0 Å². The smallest absolute Gasteiger partial charge is 0.268 e. The van der Waals surface area contributed by atoms with E-state index in [1.807, 2.05) is 31.2 Å². The summed E-state index contributed by atoms with van der Waals surface area (Å²) in [5.41, 5.74) is 2.47. The van der Waals surface area contributed by atoms with Gasteiger partial charge in [0.1, 0.15) is 0 Å². The topological polar surface area (TPSA) is 37.4 Å². The van der Waals surface area contributed by atoms with E-state index >= 15 is 0 Å². The lowest BCUT2D eigenvalue weighted by Gasteiger charge is -2.12. The Kier molecular flexibility index (Phi) is 4.05. The zero-order valence-corrected chi connectivity index (χ0v) is 13.3. The number of amides is 2. The first-order chi connectivity index (χ1) is 10.6. The second kappa shape index (κ2) is 5.99. The largest absolute Gasteiger partial charge is 0.298 e. The van der Waals surface area contributed by atoms with Gasteiger partial charge in [0.2, 0.25) is 0 Å². The molecule has 2 aromatic carbocycles. The maximum atomic E-state index is 12.5. The van der Waals surface area contributed by atoms with E-state index in [2.05, 4.69) is 0 Å². The Morgan fingerprint density at radius 3 is 2.59 bits per heavy atom. The number of thioether (sulfide) groups is 1. The molecule has 0 radical (unpaired) electrons. The second-order valence-corrected chi connectivity index (χ2v) is 6.28. The summed E-state index contributed by atoms with van der Waals surface area (Å²) in [6, 6.07) is 14.4. The van der Waals surface area contributed by atoms with Crippen molar-refractivity contribution in [2.75, 3.05) is 4.90 Å². The molecule has 3 nitrogen and oxygen atoms in total. The van der Waals surface area contributed by atoms with Crippen LogP contribution in [0.25, 0.3) is 6.08 Å². The van der Waals surface area contributed by atoms with Crippen molar-refractivity contribution in [2.24, 2.45) is 0 Å². The number of hydrogen-bond acceptors (Lipinski definition) is 3. The summed E-state index contributed by atoms with van der Waals surface area (Å²) in [4.78, 5) is 26.3. The molecule has 22 heavy (non-hydrogen) atoms. The van der Waals surface area contributed by atoms with E-state index in [0.29, 0.717) is 15.6 Å². The van der Waals surface area contributed by atoms with Crippen molar-refractivity contribution in [2.45, 2.75) is 6.92 Å². The van der Waals surface area contributed by atoms with Crippen LogP contribution in [0.2, 0.25) is 5.02 Å². The van der Waals surface area contributed by atoms with Gasteiger partial charge in [0.25, 0.3) is 11.1 Å². The first-order valence-corrected chi connectivity index (χ1v) is 7.85. The summed E-state index contributed by atoms with van der Waals surface area (Å²) >= 11 is 6.88. The summed E-state index contributed by atoms with van der Waals surface area (Å²) in [6.07, 6.45) is 1.75. The predicted molar refractivity (Wildman–Crippen MR) is 91.1 cm³/mol. The molecule has 1 aliphatic rings. The molecule has 1 fully saturated rings. The van der Waals surface area contributed by atoms with Crippen LogP contribution in [0.5, 0.6) is 0 Å². The van der Waals surface area contributed by atoms with E-state index in [-0.39, 0.29) is 11.1 Å². The fourth-order valence-electron chi connectivity index (χ4n) is 2.20. The maximum absolute atomic E-state index is 12.5. The summed E-state index contributed by atoms with van der Waals surface area (Å²) < 4.78 is 0. The average molecular weight is 330 g/mol. The van der Waals surface area contributed by atoms with Crippen LogP contribution >= 0.6 is 23.4 Å². The predicted octanol–water partition coefficient (Wildman–Crippen LogP) is 4.89. The first kappa shape index (κ1) is 14.9. The molecule has 0 N–H and O–H groups in total. The number of carbonyl (C=O) groups is 2. The molecule has 110 valence electrons. The molecule has 3 rings (SSSR count). The Balaban J connectivity index is 1.97. The molecule has 0 bridgehead atoms. The highest BCUT2D eigenvalue weighted by Gasteiger charge is 2.36. The van der Waals surface area contributed by atoms with Gasteiger partial charge < -0.3 is 0 Å². The normalized spacial score (nSPS) is 16.6. The minimum Gasteiger partial charge on any atom is -0.268 e. The van der Waals surface area contributed by atoms with Crippen molar-refractivity contribution >= 4 is 46.3 Å². The van der Waals surface area contributed by atoms with Gasteiger partial charge in [0, 0.05) is 5.02 Å². The molecule has 0 saturated carbocycles. The van der Waals surface area contributed by atoms with E-state index in [0.717, 1.165) is 27.8 Å². The zero-order chi connectivity index (χ0) is 15.7. The van der Waals surface area contributed by atoms with Crippen LogP contribution in [-0.2, 0) is 4.79 Å². The highest BCUT2D eigenvalue weighted by Crippen LogP contribution is 2.36. The molecule has 2 aromatic rings. The molecule has 5 heteroatoms. The van der Waals surface area contributed by atoms with Crippen LogP contribution in [0, 0.1) is 6.92 Å². The summed E-state index contributed by atoms with van der Waals surface area (Å²) in [5, 5.41) is 0.173. The Bertz CT molecular complexity index is 801. The highest BCUT2D eigenvalue weighted by atomic mass is 35.5. The van der Waals surface area contributed by atoms with Crippen LogP contribution in [0.15, 0.2) is 53.4 Å². The number of anilines is 1. The molecule has 0 aromatic heterocycles. The molecule has 1 saturated heterocycles. The molecular formula is C17H12ClNO2S. The first-order valence-electron chi connectivity index (χ1n) is 6.65. The van der Waals surface area contributed by atoms with Crippen LogP contribution < -0.4 is 4.90 Å². The number of rotatable bonds is 2. The number of benzene rings is 2. The summed E-state index contributed by atoms with van der Waals surface area (Å²) in [6.45, 7) is 1.97. The number of nitrogens with zero attached hydrogens (tertiary/aromatic N) is 1. The molecule has 0 atom stereocenters. The minimum atomic E-state index is -0.319. The molecular weight excluding hydrogens is 318 g/mol. The number of halogens is 1. The maximum Gasteiger partial charge on any atom is 0.298 e. The zero-order valence-electron chi connectivity index (χ0n) is 11.7.